The van der Waals surface area contributed by atoms with Crippen molar-refractivity contribution in [2.24, 2.45) is 23.2 Å². The van der Waals surface area contributed by atoms with Crippen molar-refractivity contribution in [2.75, 3.05) is 0 Å². The molecule has 7 nitrogen and oxygen atoms in total. The second-order valence-corrected chi connectivity index (χ2v) is 8.81. The molecule has 0 aliphatic heterocycles. The largest absolute Gasteiger partial charge is 0.480 e. The number of hydrogen-bond acceptors (Lipinski definition) is 4. The van der Waals surface area contributed by atoms with Crippen LogP contribution in [0.5, 0.6) is 0 Å². The first kappa shape index (κ1) is 18.8. The van der Waals surface area contributed by atoms with Crippen molar-refractivity contribution in [1.29, 1.82) is 0 Å². The van der Waals surface area contributed by atoms with E-state index in [4.69, 9.17) is 0 Å². The molecular weight excluding hydrogens is 367 g/mol. The average Bonchev–Trinajstić information content (AvgIpc) is 2.61. The molecule has 0 saturated heterocycles. The molecule has 0 aromatic heterocycles. The smallest absolute Gasteiger partial charge is 0.326 e. The molecule has 8 heteroatoms. The summed E-state index contributed by atoms with van der Waals surface area (Å²) >= 11 is 0. The Morgan fingerprint density at radius 1 is 1.21 bits per heavy atom. The summed E-state index contributed by atoms with van der Waals surface area (Å²) in [5, 5.41) is 23.2. The summed E-state index contributed by atoms with van der Waals surface area (Å²) in [4.78, 5) is 34.9. The molecule has 1 atom stereocenters. The van der Waals surface area contributed by atoms with Gasteiger partial charge in [-0.3, -0.25) is 14.9 Å². The molecule has 5 rings (SSSR count). The SMILES string of the molecule is O=C(O)[C@H](Cc1ccc(F)c([N+](=O)[O-])c1)NC(=O)C12CC3CC(CC(C3)C1)C2. The number of nitrogens with one attached hydrogen (secondary N) is 1. The molecular formula is C20H23FN2O5. The van der Waals surface area contributed by atoms with Crippen LogP contribution < -0.4 is 5.32 Å². The van der Waals surface area contributed by atoms with Gasteiger partial charge in [-0.2, -0.15) is 4.39 Å². The molecule has 150 valence electrons. The predicted molar refractivity (Wildman–Crippen MR) is 96.9 cm³/mol. The van der Waals surface area contributed by atoms with Crippen LogP contribution in [-0.4, -0.2) is 27.9 Å². The van der Waals surface area contributed by atoms with E-state index >= 15 is 0 Å². The lowest BCUT2D eigenvalue weighted by atomic mass is 9.49. The zero-order valence-electron chi connectivity index (χ0n) is 15.4. The van der Waals surface area contributed by atoms with E-state index in [1.165, 1.54) is 25.3 Å². The zero-order valence-corrected chi connectivity index (χ0v) is 15.4. The number of benzene rings is 1. The minimum Gasteiger partial charge on any atom is -0.480 e. The third kappa shape index (κ3) is 3.36. The van der Waals surface area contributed by atoms with Gasteiger partial charge in [0.1, 0.15) is 6.04 Å². The molecule has 4 aliphatic carbocycles. The van der Waals surface area contributed by atoms with Crippen LogP contribution in [0, 0.1) is 39.1 Å². The minimum absolute atomic E-state index is 0.130. The Bertz CT molecular complexity index is 805. The Morgan fingerprint density at radius 3 is 2.29 bits per heavy atom. The number of amides is 1. The number of carbonyl (C=O) groups excluding carboxylic acids is 1. The number of aliphatic carboxylic acids is 1. The summed E-state index contributed by atoms with van der Waals surface area (Å²) in [6.07, 6.45) is 5.85. The number of carboxylic acid groups (broad SMARTS) is 1. The van der Waals surface area contributed by atoms with Gasteiger partial charge in [0.25, 0.3) is 0 Å². The molecule has 4 bridgehead atoms. The molecule has 4 fully saturated rings. The van der Waals surface area contributed by atoms with Gasteiger partial charge in [0.05, 0.1) is 4.92 Å². The Labute approximate surface area is 161 Å². The van der Waals surface area contributed by atoms with Gasteiger partial charge in [-0.1, -0.05) is 6.07 Å². The maximum absolute atomic E-state index is 13.5. The summed E-state index contributed by atoms with van der Waals surface area (Å²) in [6.45, 7) is 0. The van der Waals surface area contributed by atoms with E-state index in [0.29, 0.717) is 23.3 Å². The maximum Gasteiger partial charge on any atom is 0.326 e. The molecule has 4 aliphatic rings. The van der Waals surface area contributed by atoms with Crippen LogP contribution in [0.3, 0.4) is 0 Å². The minimum atomic E-state index is -1.20. The molecule has 0 spiro atoms. The highest BCUT2D eigenvalue weighted by Crippen LogP contribution is 2.60. The van der Waals surface area contributed by atoms with Crippen LogP contribution >= 0.6 is 0 Å². The first-order chi connectivity index (χ1) is 13.3. The van der Waals surface area contributed by atoms with Crippen LogP contribution in [0.2, 0.25) is 0 Å². The summed E-state index contributed by atoms with van der Waals surface area (Å²) in [6, 6.07) is 2.09. The summed E-state index contributed by atoms with van der Waals surface area (Å²) in [5.41, 5.74) is -0.877. The van der Waals surface area contributed by atoms with Gasteiger partial charge in [0.15, 0.2) is 0 Å². The van der Waals surface area contributed by atoms with Gasteiger partial charge < -0.3 is 10.4 Å². The number of nitro benzene ring substituents is 1. The highest BCUT2D eigenvalue weighted by molar-refractivity contribution is 5.88. The van der Waals surface area contributed by atoms with Crippen LogP contribution in [0.25, 0.3) is 0 Å². The lowest BCUT2D eigenvalue weighted by molar-refractivity contribution is -0.387. The van der Waals surface area contributed by atoms with Crippen LogP contribution in [0.15, 0.2) is 18.2 Å². The molecule has 2 N–H and O–H groups in total. The molecule has 28 heavy (non-hydrogen) atoms. The first-order valence-corrected chi connectivity index (χ1v) is 9.72. The lowest BCUT2D eigenvalue weighted by Gasteiger charge is -2.55. The Hall–Kier alpha value is -2.51. The van der Waals surface area contributed by atoms with E-state index in [-0.39, 0.29) is 12.3 Å². The number of hydrogen-bond donors (Lipinski definition) is 2. The molecule has 0 unspecified atom stereocenters. The van der Waals surface area contributed by atoms with Gasteiger partial charge in [-0.25, -0.2) is 4.79 Å². The van der Waals surface area contributed by atoms with E-state index in [1.54, 1.807) is 0 Å². The van der Waals surface area contributed by atoms with E-state index in [1.807, 2.05) is 0 Å². The van der Waals surface area contributed by atoms with Gasteiger partial charge in [-0.15, -0.1) is 0 Å². The summed E-state index contributed by atoms with van der Waals surface area (Å²) in [5.74, 6) is -0.723. The first-order valence-electron chi connectivity index (χ1n) is 9.72. The number of carboxylic acids is 1. The normalized spacial score (nSPS) is 31.4. The van der Waals surface area contributed by atoms with Crippen molar-refractivity contribution < 1.29 is 24.0 Å². The van der Waals surface area contributed by atoms with Crippen LogP contribution in [0.4, 0.5) is 10.1 Å². The van der Waals surface area contributed by atoms with E-state index in [9.17, 15) is 29.2 Å². The number of nitro groups is 1. The molecule has 0 radical (unpaired) electrons. The van der Waals surface area contributed by atoms with Gasteiger partial charge >= 0.3 is 11.7 Å². The Morgan fingerprint density at radius 2 is 1.79 bits per heavy atom. The summed E-state index contributed by atoms with van der Waals surface area (Å²) in [7, 11) is 0. The Balaban J connectivity index is 1.50. The number of carbonyl (C=O) groups is 2. The number of rotatable bonds is 6. The second-order valence-electron chi connectivity index (χ2n) is 8.81. The van der Waals surface area contributed by atoms with Crippen molar-refractivity contribution in [3.63, 3.8) is 0 Å². The fraction of sp³-hybridized carbons (Fsp3) is 0.600. The zero-order chi connectivity index (χ0) is 20.1. The number of halogens is 1. The van der Waals surface area contributed by atoms with Crippen molar-refractivity contribution >= 4 is 17.6 Å². The average molecular weight is 390 g/mol. The van der Waals surface area contributed by atoms with Crippen molar-refractivity contribution in [1.82, 2.24) is 5.32 Å². The topological polar surface area (TPSA) is 110 Å². The van der Waals surface area contributed by atoms with E-state index in [2.05, 4.69) is 5.32 Å². The van der Waals surface area contributed by atoms with Gasteiger partial charge in [0, 0.05) is 17.9 Å². The van der Waals surface area contributed by atoms with Crippen molar-refractivity contribution in [3.8, 4) is 0 Å². The number of nitrogens with zero attached hydrogens (tertiary/aromatic N) is 1. The molecule has 1 amide bonds. The van der Waals surface area contributed by atoms with Crippen LogP contribution in [0.1, 0.15) is 44.1 Å². The lowest BCUT2D eigenvalue weighted by Crippen LogP contribution is -2.56. The van der Waals surface area contributed by atoms with Crippen LogP contribution in [-0.2, 0) is 16.0 Å². The molecule has 4 saturated carbocycles. The van der Waals surface area contributed by atoms with Gasteiger partial charge in [0.2, 0.25) is 11.7 Å². The highest BCUT2D eigenvalue weighted by atomic mass is 19.1. The maximum atomic E-state index is 13.5. The fourth-order valence-corrected chi connectivity index (χ4v) is 5.96. The highest BCUT2D eigenvalue weighted by Gasteiger charge is 2.54. The fourth-order valence-electron chi connectivity index (χ4n) is 5.96. The standard InChI is InChI=1S/C20H23FN2O5/c21-15-2-1-11(7-17(15)23(27)28)6-16(18(24)25)22-19(26)20-8-12-3-13(9-20)5-14(4-12)10-20/h1-2,7,12-14,16H,3-6,8-10H2,(H,22,26)(H,24,25)/t12?,13?,14?,16-,20?/m0/s1. The second kappa shape index (κ2) is 6.83. The van der Waals surface area contributed by atoms with Crippen molar-refractivity contribution in [3.05, 3.63) is 39.7 Å². The Kier molecular flexibility index (Phi) is 4.59. The third-order valence-corrected chi connectivity index (χ3v) is 6.77. The third-order valence-electron chi connectivity index (χ3n) is 6.77. The molecule has 1 aromatic rings. The van der Waals surface area contributed by atoms with E-state index < -0.39 is 33.9 Å². The molecule has 1 aromatic carbocycles. The predicted octanol–water partition coefficient (Wildman–Crippen LogP) is 3.06. The van der Waals surface area contributed by atoms with Crippen molar-refractivity contribution in [2.45, 2.75) is 51.0 Å². The molecule has 0 heterocycles. The monoisotopic (exact) mass is 390 g/mol. The van der Waals surface area contributed by atoms with Gasteiger partial charge in [-0.05, 0) is 67.9 Å². The quantitative estimate of drug-likeness (QED) is 0.573. The van der Waals surface area contributed by atoms with E-state index in [0.717, 1.165) is 31.4 Å². The summed E-state index contributed by atoms with van der Waals surface area (Å²) < 4.78 is 13.5.